The third kappa shape index (κ3) is 6.97. The zero-order valence-electron chi connectivity index (χ0n) is 20.1. The number of benzene rings is 2. The normalized spacial score (nSPS) is 12.7. The van der Waals surface area contributed by atoms with Crippen LogP contribution in [0.2, 0.25) is 28.2 Å². The Kier molecular flexibility index (Phi) is 9.39. The minimum absolute atomic E-state index is 0.0290. The quantitative estimate of drug-likeness (QED) is 0.379. The zero-order valence-corrected chi connectivity index (χ0v) is 22.6. The van der Waals surface area contributed by atoms with Crippen molar-refractivity contribution in [3.63, 3.8) is 0 Å². The van der Waals surface area contributed by atoms with Crippen molar-refractivity contribution in [1.29, 1.82) is 5.26 Å². The van der Waals surface area contributed by atoms with E-state index in [1.807, 2.05) is 12.1 Å². The number of carbonyl (C=O) groups excluding carboxylic acids is 1. The molecule has 2 aromatic rings. The number of hydrogen-bond donors (Lipinski definition) is 1. The molecule has 2 aromatic carbocycles. The van der Waals surface area contributed by atoms with Crippen molar-refractivity contribution < 1.29 is 14.0 Å². The smallest absolute Gasteiger partial charge is 0.255 e. The van der Waals surface area contributed by atoms with Crippen molar-refractivity contribution in [3.05, 3.63) is 63.1 Å². The first-order chi connectivity index (χ1) is 15.4. The van der Waals surface area contributed by atoms with E-state index in [1.54, 1.807) is 24.3 Å². The Labute approximate surface area is 208 Å². The summed E-state index contributed by atoms with van der Waals surface area (Å²) in [4.78, 5) is 12.9. The minimum atomic E-state index is -1.89. The number of nitriles is 1. The van der Waals surface area contributed by atoms with Crippen molar-refractivity contribution in [3.8, 4) is 11.8 Å². The van der Waals surface area contributed by atoms with E-state index < -0.39 is 8.32 Å². The van der Waals surface area contributed by atoms with Gasteiger partial charge in [0.05, 0.1) is 28.3 Å². The Hall–Kier alpha value is -2.04. The third-order valence-corrected chi connectivity index (χ3v) is 11.5. The lowest BCUT2D eigenvalue weighted by Gasteiger charge is -2.36. The highest BCUT2D eigenvalue weighted by molar-refractivity contribution is 6.74. The number of rotatable bonds is 9. The van der Waals surface area contributed by atoms with Gasteiger partial charge in [0, 0.05) is 19.1 Å². The molecule has 0 radical (unpaired) electrons. The fourth-order valence-electron chi connectivity index (χ4n) is 3.16. The van der Waals surface area contributed by atoms with Crippen molar-refractivity contribution in [2.45, 2.75) is 51.2 Å². The second-order valence-corrected chi connectivity index (χ2v) is 15.1. The average Bonchev–Trinajstić information content (AvgIpc) is 2.76. The molecule has 0 aromatic heterocycles. The van der Waals surface area contributed by atoms with Crippen LogP contribution in [0.1, 0.15) is 54.6 Å². The summed E-state index contributed by atoms with van der Waals surface area (Å²) in [7, 11) is -0.446. The maximum atomic E-state index is 12.9. The summed E-state index contributed by atoms with van der Waals surface area (Å²) in [5, 5.41) is 13.4. The fourth-order valence-corrected chi connectivity index (χ4v) is 4.53. The lowest BCUT2D eigenvalue weighted by atomic mass is 9.95. The van der Waals surface area contributed by atoms with Crippen LogP contribution < -0.4 is 10.1 Å². The molecule has 33 heavy (non-hydrogen) atoms. The fraction of sp³-hybridized carbons (Fsp3) is 0.440. The number of amides is 1. The molecule has 0 saturated carbocycles. The van der Waals surface area contributed by atoms with E-state index in [1.165, 1.54) is 7.11 Å². The molecule has 2 rings (SSSR count). The molecule has 8 heteroatoms. The topological polar surface area (TPSA) is 71.3 Å². The Morgan fingerprint density at radius 2 is 1.88 bits per heavy atom. The van der Waals surface area contributed by atoms with Gasteiger partial charge in [0.2, 0.25) is 0 Å². The molecule has 0 fully saturated rings. The van der Waals surface area contributed by atoms with E-state index in [0.29, 0.717) is 40.7 Å². The maximum absolute atomic E-state index is 12.9. The molecule has 0 heterocycles. The number of methoxy groups -OCH3 is 1. The minimum Gasteiger partial charge on any atom is -0.495 e. The van der Waals surface area contributed by atoms with Crippen LogP contribution >= 0.6 is 23.2 Å². The molecule has 0 aliphatic carbocycles. The number of para-hydroxylation sites is 1. The van der Waals surface area contributed by atoms with Crippen molar-refractivity contribution >= 4 is 37.4 Å². The lowest BCUT2D eigenvalue weighted by molar-refractivity contribution is 0.0946. The SMILES string of the molecule is COc1c(C#N)cccc1C(=O)NC[C@@H](CCO[Si](C)(C)C(C)(C)C)c1ccc(Cl)c(Cl)c1. The lowest BCUT2D eigenvalue weighted by Crippen LogP contribution is -2.41. The Morgan fingerprint density at radius 3 is 2.45 bits per heavy atom. The zero-order chi connectivity index (χ0) is 24.8. The van der Waals surface area contributed by atoms with Crippen molar-refractivity contribution in [1.82, 2.24) is 5.32 Å². The first-order valence-electron chi connectivity index (χ1n) is 10.9. The maximum Gasteiger partial charge on any atom is 0.255 e. The standard InChI is InChI=1S/C25H32Cl2N2O3Si/c1-25(2,3)33(5,6)32-13-12-19(17-10-11-21(26)22(27)14-17)16-29-24(30)20-9-7-8-18(15-28)23(20)31-4/h7-11,14,19H,12-13,16H2,1-6H3,(H,29,30)/t19-/m1/s1. The number of ether oxygens (including phenoxy) is 1. The van der Waals surface area contributed by atoms with Gasteiger partial charge in [-0.15, -0.1) is 0 Å². The second kappa shape index (κ2) is 11.4. The molecule has 1 amide bonds. The highest BCUT2D eigenvalue weighted by Gasteiger charge is 2.37. The van der Waals surface area contributed by atoms with Gasteiger partial charge in [-0.2, -0.15) is 5.26 Å². The highest BCUT2D eigenvalue weighted by Crippen LogP contribution is 2.37. The predicted octanol–water partition coefficient (Wildman–Crippen LogP) is 6.80. The van der Waals surface area contributed by atoms with Crippen LogP contribution in [0.15, 0.2) is 36.4 Å². The summed E-state index contributed by atoms with van der Waals surface area (Å²) in [5.41, 5.74) is 1.61. The van der Waals surface area contributed by atoms with Crippen LogP contribution in [0.5, 0.6) is 5.75 Å². The van der Waals surface area contributed by atoms with Crippen LogP contribution in [0.25, 0.3) is 0 Å². The molecule has 5 nitrogen and oxygen atoms in total. The second-order valence-electron chi connectivity index (χ2n) is 9.48. The van der Waals surface area contributed by atoms with Gasteiger partial charge >= 0.3 is 0 Å². The number of nitrogens with one attached hydrogen (secondary N) is 1. The van der Waals surface area contributed by atoms with Gasteiger partial charge in [0.1, 0.15) is 11.8 Å². The molecule has 0 unspecified atom stereocenters. The molecular weight excluding hydrogens is 475 g/mol. The average molecular weight is 508 g/mol. The predicted molar refractivity (Wildman–Crippen MR) is 137 cm³/mol. The number of carbonyl (C=O) groups is 1. The van der Waals surface area contributed by atoms with Crippen LogP contribution in [-0.4, -0.2) is 34.5 Å². The molecule has 0 spiro atoms. The Morgan fingerprint density at radius 1 is 1.18 bits per heavy atom. The largest absolute Gasteiger partial charge is 0.495 e. The molecule has 1 N–H and O–H groups in total. The summed E-state index contributed by atoms with van der Waals surface area (Å²) in [6, 6.07) is 12.5. The first kappa shape index (κ1) is 27.2. The highest BCUT2D eigenvalue weighted by atomic mass is 35.5. The van der Waals surface area contributed by atoms with E-state index in [4.69, 9.17) is 32.4 Å². The summed E-state index contributed by atoms with van der Waals surface area (Å²) >= 11 is 12.4. The first-order valence-corrected chi connectivity index (χ1v) is 14.5. The molecule has 178 valence electrons. The van der Waals surface area contributed by atoms with Crippen molar-refractivity contribution in [2.75, 3.05) is 20.3 Å². The van der Waals surface area contributed by atoms with E-state index in [2.05, 4.69) is 45.3 Å². The van der Waals surface area contributed by atoms with Crippen molar-refractivity contribution in [2.24, 2.45) is 0 Å². The Balaban J connectivity index is 2.20. The molecule has 0 aliphatic rings. The van der Waals surface area contributed by atoms with E-state index in [-0.39, 0.29) is 22.6 Å². The van der Waals surface area contributed by atoms with E-state index in [9.17, 15) is 10.1 Å². The summed E-state index contributed by atoms with van der Waals surface area (Å²) < 4.78 is 11.7. The summed E-state index contributed by atoms with van der Waals surface area (Å²) in [5.74, 6) is -0.0668. The molecule has 0 aliphatic heterocycles. The number of hydrogen-bond acceptors (Lipinski definition) is 4. The third-order valence-electron chi connectivity index (χ3n) is 6.24. The monoisotopic (exact) mass is 506 g/mol. The number of halogens is 2. The summed E-state index contributed by atoms with van der Waals surface area (Å²) in [6.07, 6.45) is 0.708. The molecular formula is C25H32Cl2N2O3Si. The van der Waals surface area contributed by atoms with Crippen LogP contribution in [0, 0.1) is 11.3 Å². The van der Waals surface area contributed by atoms with Gasteiger partial charge in [0.25, 0.3) is 5.91 Å². The van der Waals surface area contributed by atoms with Gasteiger partial charge in [-0.25, -0.2) is 0 Å². The van der Waals surface area contributed by atoms with Gasteiger partial charge in [-0.05, 0) is 54.4 Å². The summed E-state index contributed by atoms with van der Waals surface area (Å²) in [6.45, 7) is 12.0. The van der Waals surface area contributed by atoms with Crippen LogP contribution in [0.4, 0.5) is 0 Å². The molecule has 0 bridgehead atoms. The van der Waals surface area contributed by atoms with E-state index in [0.717, 1.165) is 5.56 Å². The van der Waals surface area contributed by atoms with Crippen LogP contribution in [0.3, 0.4) is 0 Å². The van der Waals surface area contributed by atoms with Gasteiger partial charge < -0.3 is 14.5 Å². The Bertz CT molecular complexity index is 1030. The van der Waals surface area contributed by atoms with Gasteiger partial charge in [-0.1, -0.05) is 56.1 Å². The molecule has 0 saturated heterocycles. The van der Waals surface area contributed by atoms with E-state index >= 15 is 0 Å². The molecule has 1 atom stereocenters. The van der Waals surface area contributed by atoms with Crippen LogP contribution in [-0.2, 0) is 4.43 Å². The number of nitrogens with zero attached hydrogens (tertiary/aromatic N) is 1. The van der Waals surface area contributed by atoms with Gasteiger partial charge in [-0.3, -0.25) is 4.79 Å². The van der Waals surface area contributed by atoms with Gasteiger partial charge in [0.15, 0.2) is 8.32 Å².